The second kappa shape index (κ2) is 4.21. The monoisotopic (exact) mass is 225 g/mol. The minimum Gasteiger partial charge on any atom is -0.399 e. The van der Waals surface area contributed by atoms with Gasteiger partial charge in [-0.05, 0) is 24.6 Å². The molecule has 15 heavy (non-hydrogen) atoms. The van der Waals surface area contributed by atoms with Crippen molar-refractivity contribution >= 4 is 23.1 Å². The number of carbonyl (C=O) groups is 1. The molecule has 0 amide bonds. The summed E-state index contributed by atoms with van der Waals surface area (Å²) in [6, 6.07) is 4.97. The van der Waals surface area contributed by atoms with Gasteiger partial charge in [-0.25, -0.2) is 0 Å². The molecule has 0 aliphatic carbocycles. The van der Waals surface area contributed by atoms with Crippen LogP contribution in [-0.4, -0.2) is 19.0 Å². The second-order valence-corrected chi connectivity index (χ2v) is 4.07. The fraction of sp³-hybridized carbons (Fsp3) is 0.364. The number of anilines is 1. The molecule has 1 unspecified atom stereocenters. The molecule has 1 aromatic carbocycles. The van der Waals surface area contributed by atoms with Crippen LogP contribution in [0.4, 0.5) is 5.69 Å². The number of hydrogen-bond acceptors (Lipinski definition) is 3. The van der Waals surface area contributed by atoms with Crippen molar-refractivity contribution in [2.24, 2.45) is 5.92 Å². The Hall–Kier alpha value is -1.06. The highest BCUT2D eigenvalue weighted by atomic mass is 35.5. The molecular formula is C11H12ClNO2. The number of rotatable bonds is 2. The summed E-state index contributed by atoms with van der Waals surface area (Å²) >= 11 is 5.96. The molecule has 0 aromatic heterocycles. The molecule has 80 valence electrons. The first-order valence-electron chi connectivity index (χ1n) is 4.85. The van der Waals surface area contributed by atoms with Gasteiger partial charge in [0.1, 0.15) is 0 Å². The highest BCUT2D eigenvalue weighted by Crippen LogP contribution is 2.25. The smallest absolute Gasteiger partial charge is 0.169 e. The Morgan fingerprint density at radius 1 is 1.53 bits per heavy atom. The molecule has 0 saturated carbocycles. The van der Waals surface area contributed by atoms with E-state index in [1.807, 2.05) is 0 Å². The molecular weight excluding hydrogens is 214 g/mol. The van der Waals surface area contributed by atoms with E-state index in [4.69, 9.17) is 22.1 Å². The number of ether oxygens (including phenoxy) is 1. The standard InChI is InChI=1S/C11H12ClNO2/c12-10-5-8(13)1-2-9(10)11(14)7-3-4-15-6-7/h1-2,5,7H,3-4,6,13H2. The van der Waals surface area contributed by atoms with Crippen LogP contribution in [0.2, 0.25) is 5.02 Å². The molecule has 1 aliphatic rings. The normalized spacial score (nSPS) is 20.5. The lowest BCUT2D eigenvalue weighted by atomic mass is 9.97. The Bertz CT molecular complexity index is 386. The van der Waals surface area contributed by atoms with E-state index < -0.39 is 0 Å². The van der Waals surface area contributed by atoms with Gasteiger partial charge in [0.25, 0.3) is 0 Å². The third kappa shape index (κ3) is 2.13. The summed E-state index contributed by atoms with van der Waals surface area (Å²) in [5.41, 5.74) is 6.67. The number of benzene rings is 1. The van der Waals surface area contributed by atoms with Gasteiger partial charge in [-0.2, -0.15) is 0 Å². The van der Waals surface area contributed by atoms with Gasteiger partial charge < -0.3 is 10.5 Å². The molecule has 3 nitrogen and oxygen atoms in total. The van der Waals surface area contributed by atoms with E-state index in [0.29, 0.717) is 29.5 Å². The molecule has 1 fully saturated rings. The lowest BCUT2D eigenvalue weighted by molar-refractivity contribution is 0.0900. The van der Waals surface area contributed by atoms with Crippen molar-refractivity contribution in [3.05, 3.63) is 28.8 Å². The number of ketones is 1. The molecule has 1 aliphatic heterocycles. The van der Waals surface area contributed by atoms with Crippen molar-refractivity contribution in [2.45, 2.75) is 6.42 Å². The zero-order valence-electron chi connectivity index (χ0n) is 8.20. The summed E-state index contributed by atoms with van der Waals surface area (Å²) in [6.07, 6.45) is 0.777. The van der Waals surface area contributed by atoms with Gasteiger partial charge in [-0.1, -0.05) is 11.6 Å². The van der Waals surface area contributed by atoms with Crippen LogP contribution < -0.4 is 5.73 Å². The summed E-state index contributed by atoms with van der Waals surface area (Å²) in [5.74, 6) is 0.00336. The van der Waals surface area contributed by atoms with Crippen molar-refractivity contribution in [2.75, 3.05) is 18.9 Å². The fourth-order valence-corrected chi connectivity index (χ4v) is 1.97. The molecule has 0 radical (unpaired) electrons. The highest BCUT2D eigenvalue weighted by Gasteiger charge is 2.25. The van der Waals surface area contributed by atoms with Crippen LogP contribution >= 0.6 is 11.6 Å². The van der Waals surface area contributed by atoms with Crippen molar-refractivity contribution in [1.29, 1.82) is 0 Å². The predicted molar refractivity (Wildman–Crippen MR) is 59.1 cm³/mol. The molecule has 1 atom stereocenters. The van der Waals surface area contributed by atoms with Gasteiger partial charge in [-0.15, -0.1) is 0 Å². The van der Waals surface area contributed by atoms with E-state index in [1.54, 1.807) is 18.2 Å². The Morgan fingerprint density at radius 2 is 2.33 bits per heavy atom. The van der Waals surface area contributed by atoms with Crippen LogP contribution in [-0.2, 0) is 4.74 Å². The number of nitrogen functional groups attached to an aromatic ring is 1. The Balaban J connectivity index is 2.24. The Morgan fingerprint density at radius 3 is 2.93 bits per heavy atom. The van der Waals surface area contributed by atoms with Crippen LogP contribution in [0.25, 0.3) is 0 Å². The van der Waals surface area contributed by atoms with Gasteiger partial charge >= 0.3 is 0 Å². The molecule has 2 N–H and O–H groups in total. The molecule has 2 rings (SSSR count). The first-order chi connectivity index (χ1) is 7.18. The average molecular weight is 226 g/mol. The van der Waals surface area contributed by atoms with E-state index in [-0.39, 0.29) is 11.7 Å². The quantitative estimate of drug-likeness (QED) is 0.620. The van der Waals surface area contributed by atoms with Crippen LogP contribution in [0, 0.1) is 5.92 Å². The minimum atomic E-state index is -0.0499. The molecule has 0 spiro atoms. The van der Waals surface area contributed by atoms with Crippen LogP contribution in [0.1, 0.15) is 16.8 Å². The van der Waals surface area contributed by atoms with E-state index in [0.717, 1.165) is 6.42 Å². The van der Waals surface area contributed by atoms with E-state index in [2.05, 4.69) is 0 Å². The van der Waals surface area contributed by atoms with Crippen molar-refractivity contribution in [1.82, 2.24) is 0 Å². The lowest BCUT2D eigenvalue weighted by Gasteiger charge is -2.08. The first kappa shape index (κ1) is 10.5. The number of halogens is 1. The van der Waals surface area contributed by atoms with Gasteiger partial charge in [0.05, 0.1) is 11.6 Å². The zero-order chi connectivity index (χ0) is 10.8. The van der Waals surface area contributed by atoms with Gasteiger partial charge in [0.2, 0.25) is 0 Å². The van der Waals surface area contributed by atoms with Gasteiger partial charge in [-0.3, -0.25) is 4.79 Å². The third-order valence-electron chi connectivity index (χ3n) is 2.56. The topological polar surface area (TPSA) is 52.3 Å². The van der Waals surface area contributed by atoms with Crippen molar-refractivity contribution < 1.29 is 9.53 Å². The number of Topliss-reactive ketones (excluding diaryl/α,β-unsaturated/α-hetero) is 1. The molecule has 0 bridgehead atoms. The maximum Gasteiger partial charge on any atom is 0.169 e. The van der Waals surface area contributed by atoms with Crippen LogP contribution in [0.3, 0.4) is 0 Å². The van der Waals surface area contributed by atoms with Gasteiger partial charge in [0.15, 0.2) is 5.78 Å². The predicted octanol–water partition coefficient (Wildman–Crippen LogP) is 2.14. The van der Waals surface area contributed by atoms with E-state index in [9.17, 15) is 4.79 Å². The van der Waals surface area contributed by atoms with Crippen molar-refractivity contribution in [3.8, 4) is 0 Å². The fourth-order valence-electron chi connectivity index (χ4n) is 1.69. The highest BCUT2D eigenvalue weighted by molar-refractivity contribution is 6.34. The second-order valence-electron chi connectivity index (χ2n) is 3.66. The van der Waals surface area contributed by atoms with E-state index >= 15 is 0 Å². The lowest BCUT2D eigenvalue weighted by Crippen LogP contribution is -2.15. The largest absolute Gasteiger partial charge is 0.399 e. The summed E-state index contributed by atoms with van der Waals surface area (Å²) < 4.78 is 5.17. The molecule has 4 heteroatoms. The zero-order valence-corrected chi connectivity index (χ0v) is 8.96. The molecule has 1 aromatic rings. The number of carbonyl (C=O) groups excluding carboxylic acids is 1. The number of hydrogen-bond donors (Lipinski definition) is 1. The summed E-state index contributed by atoms with van der Waals surface area (Å²) in [7, 11) is 0. The average Bonchev–Trinajstić information content (AvgIpc) is 2.69. The Kier molecular flexibility index (Phi) is 2.93. The van der Waals surface area contributed by atoms with Crippen LogP contribution in [0.5, 0.6) is 0 Å². The molecule has 1 heterocycles. The first-order valence-corrected chi connectivity index (χ1v) is 5.23. The van der Waals surface area contributed by atoms with E-state index in [1.165, 1.54) is 0 Å². The number of nitrogens with two attached hydrogens (primary N) is 1. The summed E-state index contributed by atoms with van der Waals surface area (Å²) in [6.45, 7) is 1.16. The van der Waals surface area contributed by atoms with Gasteiger partial charge in [0, 0.05) is 23.8 Å². The summed E-state index contributed by atoms with van der Waals surface area (Å²) in [5, 5.41) is 0.423. The third-order valence-corrected chi connectivity index (χ3v) is 2.87. The maximum atomic E-state index is 12.0. The Labute approximate surface area is 93.2 Å². The molecule has 1 saturated heterocycles. The van der Waals surface area contributed by atoms with Crippen LogP contribution in [0.15, 0.2) is 18.2 Å². The SMILES string of the molecule is Nc1ccc(C(=O)C2CCOC2)c(Cl)c1. The van der Waals surface area contributed by atoms with Crippen molar-refractivity contribution in [3.63, 3.8) is 0 Å². The summed E-state index contributed by atoms with van der Waals surface area (Å²) in [4.78, 5) is 12.0. The minimum absolute atomic E-state index is 0.0499. The maximum absolute atomic E-state index is 12.0.